The fourth-order valence-electron chi connectivity index (χ4n) is 3.07. The summed E-state index contributed by atoms with van der Waals surface area (Å²) in [4.78, 5) is 1.28. The third kappa shape index (κ3) is 3.11. The van der Waals surface area contributed by atoms with E-state index in [2.05, 4.69) is 0 Å². The van der Waals surface area contributed by atoms with Gasteiger partial charge in [-0.2, -0.15) is 13.2 Å². The van der Waals surface area contributed by atoms with Gasteiger partial charge in [0.1, 0.15) is 6.67 Å². The molecule has 0 amide bonds. The summed E-state index contributed by atoms with van der Waals surface area (Å²) >= 11 is 0. The molecule has 3 unspecified atom stereocenters. The molecule has 24 heavy (non-hydrogen) atoms. The van der Waals surface area contributed by atoms with E-state index in [1.165, 1.54) is 4.90 Å². The van der Waals surface area contributed by atoms with Gasteiger partial charge in [0.05, 0.1) is 19.3 Å². The molecular weight excluding hydrogens is 331 g/mol. The average Bonchev–Trinajstić information content (AvgIpc) is 3.09. The Bertz CT molecular complexity index is 559. The van der Waals surface area contributed by atoms with Crippen LogP contribution in [0.25, 0.3) is 0 Å². The molecule has 0 aliphatic carbocycles. The van der Waals surface area contributed by atoms with E-state index in [0.29, 0.717) is 5.69 Å². The van der Waals surface area contributed by atoms with Crippen LogP contribution in [0.5, 0.6) is 0 Å². The highest BCUT2D eigenvalue weighted by Gasteiger charge is 2.61. The summed E-state index contributed by atoms with van der Waals surface area (Å²) in [5, 5.41) is 0. The lowest BCUT2D eigenvalue weighted by Crippen LogP contribution is -2.76. The highest BCUT2D eigenvalue weighted by atomic mass is 19.4. The monoisotopic (exact) mass is 348 g/mol. The normalized spacial score (nSPS) is 31.5. The van der Waals surface area contributed by atoms with E-state index >= 15 is 0 Å². The standard InChI is InChI=1S/C14H17BF4N2O3/c16-9-11-8-12(13(17,18)19)24-14(20,15-22-6-7-23-15)21(11)10-4-2-1-3-5-10/h1-5,11-12H,6-9,20H2. The maximum Gasteiger partial charge on any atom is 0.531 e. The quantitative estimate of drug-likeness (QED) is 0.668. The van der Waals surface area contributed by atoms with Gasteiger partial charge in [-0.05, 0) is 12.1 Å². The Morgan fingerprint density at radius 3 is 2.38 bits per heavy atom. The first-order valence-corrected chi connectivity index (χ1v) is 7.53. The van der Waals surface area contributed by atoms with E-state index in [1.54, 1.807) is 30.3 Å². The summed E-state index contributed by atoms with van der Waals surface area (Å²) < 4.78 is 69.0. The van der Waals surface area contributed by atoms with Gasteiger partial charge in [-0.3, -0.25) is 5.73 Å². The van der Waals surface area contributed by atoms with Crippen LogP contribution in [0.1, 0.15) is 6.42 Å². The molecule has 2 aliphatic rings. The fourth-order valence-corrected chi connectivity index (χ4v) is 3.07. The number of benzene rings is 1. The molecule has 0 bridgehead atoms. The van der Waals surface area contributed by atoms with Gasteiger partial charge in [0.15, 0.2) is 6.10 Å². The zero-order chi connectivity index (χ0) is 17.4. The number of anilines is 1. The van der Waals surface area contributed by atoms with Gasteiger partial charge in [0, 0.05) is 12.1 Å². The van der Waals surface area contributed by atoms with Gasteiger partial charge in [-0.1, -0.05) is 18.2 Å². The number of para-hydroxylation sites is 1. The molecule has 1 aromatic carbocycles. The number of nitrogens with two attached hydrogens (primary N) is 1. The molecule has 2 saturated heterocycles. The van der Waals surface area contributed by atoms with E-state index in [9.17, 15) is 17.6 Å². The van der Waals surface area contributed by atoms with Gasteiger partial charge >= 0.3 is 13.3 Å². The van der Waals surface area contributed by atoms with Crippen LogP contribution < -0.4 is 10.6 Å². The number of hydrogen-bond donors (Lipinski definition) is 1. The first-order valence-electron chi connectivity index (χ1n) is 7.53. The van der Waals surface area contributed by atoms with E-state index in [0.717, 1.165) is 0 Å². The summed E-state index contributed by atoms with van der Waals surface area (Å²) in [5.74, 6) is -2.09. The van der Waals surface area contributed by atoms with Crippen molar-refractivity contribution in [3.05, 3.63) is 30.3 Å². The molecule has 2 fully saturated rings. The molecule has 2 heterocycles. The predicted molar refractivity (Wildman–Crippen MR) is 78.8 cm³/mol. The second kappa shape index (κ2) is 6.51. The van der Waals surface area contributed by atoms with Crippen molar-refractivity contribution in [3.63, 3.8) is 0 Å². The molecule has 3 atom stereocenters. The van der Waals surface area contributed by atoms with Gasteiger partial charge in [-0.25, -0.2) is 4.39 Å². The number of nitrogens with zero attached hydrogens (tertiary/aromatic N) is 1. The van der Waals surface area contributed by atoms with Crippen molar-refractivity contribution in [2.45, 2.75) is 30.5 Å². The van der Waals surface area contributed by atoms with Crippen molar-refractivity contribution in [1.82, 2.24) is 0 Å². The predicted octanol–water partition coefficient (Wildman–Crippen LogP) is 1.87. The lowest BCUT2D eigenvalue weighted by Gasteiger charge is -2.52. The number of hydrogen-bond acceptors (Lipinski definition) is 5. The van der Waals surface area contributed by atoms with Gasteiger partial charge in [0.25, 0.3) is 0 Å². The molecule has 2 N–H and O–H groups in total. The van der Waals surface area contributed by atoms with Gasteiger partial charge < -0.3 is 18.9 Å². The molecular formula is C14H17BF4N2O3. The third-order valence-corrected chi connectivity index (χ3v) is 4.10. The Morgan fingerprint density at radius 1 is 1.21 bits per heavy atom. The molecule has 0 spiro atoms. The smallest absolute Gasteiger partial charge is 0.405 e. The van der Waals surface area contributed by atoms with Crippen molar-refractivity contribution >= 4 is 12.8 Å². The summed E-state index contributed by atoms with van der Waals surface area (Å²) in [6.45, 7) is -0.671. The van der Waals surface area contributed by atoms with E-state index < -0.39 is 44.3 Å². The van der Waals surface area contributed by atoms with Crippen LogP contribution in [0, 0.1) is 0 Å². The second-order valence-electron chi connectivity index (χ2n) is 5.72. The number of alkyl halides is 4. The first-order chi connectivity index (χ1) is 11.4. The van der Waals surface area contributed by atoms with Crippen molar-refractivity contribution in [1.29, 1.82) is 0 Å². The molecule has 5 nitrogen and oxygen atoms in total. The number of rotatable bonds is 3. The summed E-state index contributed by atoms with van der Waals surface area (Å²) in [6, 6.07) is 7.21. The largest absolute Gasteiger partial charge is 0.531 e. The lowest BCUT2D eigenvalue weighted by atomic mass is 9.77. The minimum absolute atomic E-state index is 0.173. The van der Waals surface area contributed by atoms with Gasteiger partial charge in [0.2, 0.25) is 5.75 Å². The fraction of sp³-hybridized carbons (Fsp3) is 0.571. The van der Waals surface area contributed by atoms with Crippen LogP contribution in [0.15, 0.2) is 30.3 Å². The molecule has 10 heteroatoms. The SMILES string of the molecule is NC1(B2OCCO2)OC(C(F)(F)F)CC(CF)N1c1ccccc1. The second-order valence-corrected chi connectivity index (χ2v) is 5.72. The average molecular weight is 348 g/mol. The summed E-state index contributed by atoms with van der Waals surface area (Å²) in [5.41, 5.74) is 6.61. The topological polar surface area (TPSA) is 57.0 Å². The zero-order valence-corrected chi connectivity index (χ0v) is 12.7. The maximum atomic E-state index is 13.6. The van der Waals surface area contributed by atoms with Crippen LogP contribution in [0.4, 0.5) is 23.2 Å². The van der Waals surface area contributed by atoms with Crippen molar-refractivity contribution in [2.24, 2.45) is 5.73 Å². The van der Waals surface area contributed by atoms with Crippen LogP contribution in [0.2, 0.25) is 0 Å². The minimum atomic E-state index is -4.67. The summed E-state index contributed by atoms with van der Waals surface area (Å²) in [7, 11) is -1.25. The Kier molecular flexibility index (Phi) is 4.74. The van der Waals surface area contributed by atoms with Crippen molar-refractivity contribution < 1.29 is 31.6 Å². The lowest BCUT2D eigenvalue weighted by molar-refractivity contribution is -0.258. The van der Waals surface area contributed by atoms with Crippen LogP contribution in [-0.2, 0) is 14.0 Å². The first kappa shape index (κ1) is 17.5. The highest BCUT2D eigenvalue weighted by Crippen LogP contribution is 2.40. The Balaban J connectivity index is 2.02. The molecule has 3 rings (SSSR count). The van der Waals surface area contributed by atoms with E-state index in [4.69, 9.17) is 19.8 Å². The van der Waals surface area contributed by atoms with Crippen molar-refractivity contribution in [3.8, 4) is 0 Å². The number of halogens is 4. The van der Waals surface area contributed by atoms with E-state index in [1.807, 2.05) is 0 Å². The number of ether oxygens (including phenoxy) is 1. The van der Waals surface area contributed by atoms with E-state index in [-0.39, 0.29) is 13.2 Å². The Morgan fingerprint density at radius 2 is 1.83 bits per heavy atom. The summed E-state index contributed by atoms with van der Waals surface area (Å²) in [6.07, 6.45) is -7.43. The minimum Gasteiger partial charge on any atom is -0.405 e. The Hall–Kier alpha value is -1.36. The van der Waals surface area contributed by atoms with Crippen LogP contribution in [0.3, 0.4) is 0 Å². The molecule has 0 saturated carbocycles. The van der Waals surface area contributed by atoms with Crippen molar-refractivity contribution in [2.75, 3.05) is 24.8 Å². The molecule has 0 aromatic heterocycles. The zero-order valence-electron chi connectivity index (χ0n) is 12.7. The molecule has 1 aromatic rings. The van der Waals surface area contributed by atoms with Gasteiger partial charge in [-0.15, -0.1) is 0 Å². The van der Waals surface area contributed by atoms with Crippen LogP contribution in [-0.4, -0.2) is 51.1 Å². The molecule has 0 radical (unpaired) electrons. The molecule has 132 valence electrons. The Labute approximate surface area is 136 Å². The van der Waals surface area contributed by atoms with Crippen LogP contribution >= 0.6 is 0 Å². The maximum absolute atomic E-state index is 13.6. The highest BCUT2D eigenvalue weighted by molar-refractivity contribution is 6.49. The third-order valence-electron chi connectivity index (χ3n) is 4.10. The molecule has 2 aliphatic heterocycles.